The van der Waals surface area contributed by atoms with Crippen molar-refractivity contribution in [3.63, 3.8) is 0 Å². The average Bonchev–Trinajstić information content (AvgIpc) is 2.70. The van der Waals surface area contributed by atoms with Crippen molar-refractivity contribution in [1.82, 2.24) is 5.32 Å². The molecule has 0 saturated carbocycles. The van der Waals surface area contributed by atoms with Gasteiger partial charge < -0.3 is 10.1 Å². The van der Waals surface area contributed by atoms with Crippen LogP contribution in [0.25, 0.3) is 0 Å². The standard InChI is InChI=1S/C11H16ClNO4S2/c1-8-9(7-18-11(8)19(12,15)16)10(14)13-5-3-4-6-17-2/h7H,3-6H2,1-2H3,(H,13,14). The summed E-state index contributed by atoms with van der Waals surface area (Å²) in [7, 11) is 3.12. The average molecular weight is 326 g/mol. The van der Waals surface area contributed by atoms with E-state index in [0.717, 1.165) is 24.2 Å². The smallest absolute Gasteiger partial charge is 0.271 e. The Morgan fingerprint density at radius 2 is 2.16 bits per heavy atom. The number of methoxy groups -OCH3 is 1. The zero-order chi connectivity index (χ0) is 14.5. The number of carbonyl (C=O) groups excluding carboxylic acids is 1. The summed E-state index contributed by atoms with van der Waals surface area (Å²) in [6.45, 7) is 2.76. The van der Waals surface area contributed by atoms with Gasteiger partial charge in [-0.15, -0.1) is 11.3 Å². The van der Waals surface area contributed by atoms with E-state index in [1.165, 1.54) is 5.38 Å². The molecule has 0 aliphatic carbocycles. The van der Waals surface area contributed by atoms with E-state index in [-0.39, 0.29) is 10.1 Å². The number of ether oxygens (including phenoxy) is 1. The molecule has 19 heavy (non-hydrogen) atoms. The molecule has 1 heterocycles. The first-order valence-corrected chi connectivity index (χ1v) is 8.86. The van der Waals surface area contributed by atoms with E-state index >= 15 is 0 Å². The van der Waals surface area contributed by atoms with Gasteiger partial charge in [-0.3, -0.25) is 4.79 Å². The quantitative estimate of drug-likeness (QED) is 0.616. The van der Waals surface area contributed by atoms with E-state index in [2.05, 4.69) is 5.32 Å². The summed E-state index contributed by atoms with van der Waals surface area (Å²) in [4.78, 5) is 11.9. The lowest BCUT2D eigenvalue weighted by molar-refractivity contribution is 0.0951. The highest BCUT2D eigenvalue weighted by Gasteiger charge is 2.21. The molecule has 1 aromatic rings. The molecule has 0 radical (unpaired) electrons. The fourth-order valence-electron chi connectivity index (χ4n) is 1.53. The van der Waals surface area contributed by atoms with Crippen LogP contribution in [0, 0.1) is 6.92 Å². The van der Waals surface area contributed by atoms with Crippen molar-refractivity contribution in [2.45, 2.75) is 24.0 Å². The van der Waals surface area contributed by atoms with Gasteiger partial charge in [0.1, 0.15) is 4.21 Å². The van der Waals surface area contributed by atoms with E-state index in [0.29, 0.717) is 24.3 Å². The van der Waals surface area contributed by atoms with Crippen LogP contribution in [0.3, 0.4) is 0 Å². The topological polar surface area (TPSA) is 72.5 Å². The minimum Gasteiger partial charge on any atom is -0.385 e. The van der Waals surface area contributed by atoms with Crippen LogP contribution in [-0.4, -0.2) is 34.6 Å². The minimum atomic E-state index is -3.78. The van der Waals surface area contributed by atoms with Crippen LogP contribution < -0.4 is 5.32 Å². The maximum Gasteiger partial charge on any atom is 0.271 e. The molecule has 5 nitrogen and oxygen atoms in total. The Hall–Kier alpha value is -0.630. The van der Waals surface area contributed by atoms with Crippen molar-refractivity contribution < 1.29 is 17.9 Å². The maximum absolute atomic E-state index is 11.9. The van der Waals surface area contributed by atoms with Crippen molar-refractivity contribution in [3.05, 3.63) is 16.5 Å². The van der Waals surface area contributed by atoms with Crippen molar-refractivity contribution >= 4 is 37.0 Å². The lowest BCUT2D eigenvalue weighted by Gasteiger charge is -2.04. The highest BCUT2D eigenvalue weighted by Crippen LogP contribution is 2.29. The summed E-state index contributed by atoms with van der Waals surface area (Å²) in [6, 6.07) is 0. The fourth-order valence-corrected chi connectivity index (χ4v) is 4.08. The Bertz CT molecular complexity index is 539. The van der Waals surface area contributed by atoms with Gasteiger partial charge in [0.25, 0.3) is 15.0 Å². The second-order valence-electron chi connectivity index (χ2n) is 3.96. The summed E-state index contributed by atoms with van der Waals surface area (Å²) < 4.78 is 27.4. The summed E-state index contributed by atoms with van der Waals surface area (Å²) in [5, 5.41) is 4.25. The maximum atomic E-state index is 11.9. The molecular weight excluding hydrogens is 310 g/mol. The molecule has 0 atom stereocenters. The number of carbonyl (C=O) groups is 1. The Labute approximate surface area is 121 Å². The van der Waals surface area contributed by atoms with Crippen LogP contribution in [0.1, 0.15) is 28.8 Å². The van der Waals surface area contributed by atoms with Gasteiger partial charge in [-0.1, -0.05) is 0 Å². The largest absolute Gasteiger partial charge is 0.385 e. The monoisotopic (exact) mass is 325 g/mol. The number of thiophene rings is 1. The predicted octanol–water partition coefficient (Wildman–Crippen LogP) is 2.14. The number of hydrogen-bond acceptors (Lipinski definition) is 5. The van der Waals surface area contributed by atoms with Crippen LogP contribution in [-0.2, 0) is 13.8 Å². The van der Waals surface area contributed by atoms with Crippen molar-refractivity contribution in [1.29, 1.82) is 0 Å². The Morgan fingerprint density at radius 3 is 2.68 bits per heavy atom. The number of nitrogens with one attached hydrogen (secondary N) is 1. The number of amides is 1. The lowest BCUT2D eigenvalue weighted by Crippen LogP contribution is -2.24. The van der Waals surface area contributed by atoms with Gasteiger partial charge in [-0.05, 0) is 25.3 Å². The minimum absolute atomic E-state index is 0.0266. The normalized spacial score (nSPS) is 11.5. The molecule has 1 N–H and O–H groups in total. The van der Waals surface area contributed by atoms with Crippen LogP contribution in [0.5, 0.6) is 0 Å². The molecule has 8 heteroatoms. The zero-order valence-electron chi connectivity index (χ0n) is 10.7. The van der Waals surface area contributed by atoms with E-state index < -0.39 is 9.05 Å². The van der Waals surface area contributed by atoms with Gasteiger partial charge in [0.2, 0.25) is 0 Å². The Morgan fingerprint density at radius 1 is 1.47 bits per heavy atom. The van der Waals surface area contributed by atoms with Gasteiger partial charge in [0.15, 0.2) is 0 Å². The predicted molar refractivity (Wildman–Crippen MR) is 75.5 cm³/mol. The van der Waals surface area contributed by atoms with E-state index in [1.54, 1.807) is 14.0 Å². The second kappa shape index (κ2) is 7.23. The van der Waals surface area contributed by atoms with Crippen LogP contribution in [0.15, 0.2) is 9.59 Å². The van der Waals surface area contributed by atoms with Crippen LogP contribution >= 0.6 is 22.0 Å². The van der Waals surface area contributed by atoms with Gasteiger partial charge in [0.05, 0.1) is 5.56 Å². The molecule has 0 saturated heterocycles. The van der Waals surface area contributed by atoms with Crippen molar-refractivity contribution in [2.24, 2.45) is 0 Å². The first-order valence-electron chi connectivity index (χ1n) is 5.67. The molecular formula is C11H16ClNO4S2. The summed E-state index contributed by atoms with van der Waals surface area (Å²) in [5.74, 6) is -0.280. The third-order valence-electron chi connectivity index (χ3n) is 2.52. The van der Waals surface area contributed by atoms with Gasteiger partial charge >= 0.3 is 0 Å². The van der Waals surface area contributed by atoms with E-state index in [1.807, 2.05) is 0 Å². The van der Waals surface area contributed by atoms with Crippen LogP contribution in [0.4, 0.5) is 0 Å². The molecule has 0 spiro atoms. The van der Waals surface area contributed by atoms with Gasteiger partial charge in [-0.25, -0.2) is 8.42 Å². The lowest BCUT2D eigenvalue weighted by atomic mass is 10.2. The highest BCUT2D eigenvalue weighted by atomic mass is 35.7. The molecule has 0 aliphatic heterocycles. The van der Waals surface area contributed by atoms with Crippen LogP contribution in [0.2, 0.25) is 0 Å². The van der Waals surface area contributed by atoms with Gasteiger partial charge in [-0.2, -0.15) is 0 Å². The molecule has 1 rings (SSSR count). The summed E-state index contributed by atoms with van der Waals surface area (Å²) >= 11 is 0.958. The number of rotatable bonds is 7. The van der Waals surface area contributed by atoms with Crippen molar-refractivity contribution in [3.8, 4) is 0 Å². The van der Waals surface area contributed by atoms with E-state index in [9.17, 15) is 13.2 Å². The molecule has 0 aromatic carbocycles. The molecule has 0 unspecified atom stereocenters. The second-order valence-corrected chi connectivity index (χ2v) is 7.60. The molecule has 0 bridgehead atoms. The first-order chi connectivity index (χ1) is 8.88. The first kappa shape index (κ1) is 16.4. The third kappa shape index (κ3) is 4.76. The SMILES string of the molecule is COCCCCNC(=O)c1csc(S(=O)(=O)Cl)c1C. The van der Waals surface area contributed by atoms with E-state index in [4.69, 9.17) is 15.4 Å². The molecule has 1 aromatic heterocycles. The zero-order valence-corrected chi connectivity index (χ0v) is 13.1. The van der Waals surface area contributed by atoms with Gasteiger partial charge in [0, 0.05) is 36.3 Å². The fraction of sp³-hybridized carbons (Fsp3) is 0.545. The number of unbranched alkanes of at least 4 members (excludes halogenated alkanes) is 1. The highest BCUT2D eigenvalue weighted by molar-refractivity contribution is 8.15. The number of hydrogen-bond donors (Lipinski definition) is 1. The summed E-state index contributed by atoms with van der Waals surface area (Å²) in [5.41, 5.74) is 0.755. The molecule has 0 fully saturated rings. The summed E-state index contributed by atoms with van der Waals surface area (Å²) in [6.07, 6.45) is 1.67. The Balaban J connectivity index is 2.61. The molecule has 108 valence electrons. The van der Waals surface area contributed by atoms with Crippen molar-refractivity contribution in [2.75, 3.05) is 20.3 Å². The number of halogens is 1. The molecule has 0 aliphatic rings. The Kier molecular flexibility index (Phi) is 6.25. The third-order valence-corrected chi connectivity index (χ3v) is 5.83. The molecule has 1 amide bonds.